The van der Waals surface area contributed by atoms with Crippen LogP contribution in [0.25, 0.3) is 0 Å². The second kappa shape index (κ2) is 8.18. The highest BCUT2D eigenvalue weighted by molar-refractivity contribution is 5.29. The van der Waals surface area contributed by atoms with E-state index in [0.717, 1.165) is 18.8 Å². The fourth-order valence-electron chi connectivity index (χ4n) is 2.15. The summed E-state index contributed by atoms with van der Waals surface area (Å²) in [5, 5.41) is 3.56. The summed E-state index contributed by atoms with van der Waals surface area (Å²) in [6, 6.07) is 9.34. The summed E-state index contributed by atoms with van der Waals surface area (Å²) in [4.78, 5) is 2.41. The highest BCUT2D eigenvalue weighted by atomic mass is 16.5. The second-order valence-electron chi connectivity index (χ2n) is 5.08. The average molecular weight is 264 g/mol. The van der Waals surface area contributed by atoms with Crippen molar-refractivity contribution < 1.29 is 4.74 Å². The van der Waals surface area contributed by atoms with Crippen molar-refractivity contribution in [2.75, 3.05) is 27.2 Å². The molecule has 0 heterocycles. The zero-order valence-corrected chi connectivity index (χ0v) is 12.9. The van der Waals surface area contributed by atoms with Crippen LogP contribution in [0.4, 0.5) is 0 Å². The van der Waals surface area contributed by atoms with Gasteiger partial charge in [0, 0.05) is 18.6 Å². The van der Waals surface area contributed by atoms with Crippen molar-refractivity contribution in [3.63, 3.8) is 0 Å². The van der Waals surface area contributed by atoms with E-state index in [-0.39, 0.29) is 0 Å². The Labute approximate surface area is 118 Å². The number of likely N-dealkylation sites (N-methyl/N-ethyl adjacent to an activating group) is 2. The summed E-state index contributed by atoms with van der Waals surface area (Å²) in [6.07, 6.45) is 1.18. The average Bonchev–Trinajstić information content (AvgIpc) is 2.45. The van der Waals surface area contributed by atoms with E-state index in [1.54, 1.807) is 7.11 Å². The van der Waals surface area contributed by atoms with Crippen LogP contribution in [0.2, 0.25) is 0 Å². The third-order valence-electron chi connectivity index (χ3n) is 3.78. The van der Waals surface area contributed by atoms with Gasteiger partial charge in [-0.1, -0.05) is 26.0 Å². The summed E-state index contributed by atoms with van der Waals surface area (Å²) in [5.41, 5.74) is 1.32. The van der Waals surface area contributed by atoms with Crippen molar-refractivity contribution >= 4 is 0 Å². The lowest BCUT2D eigenvalue weighted by atomic mass is 10.1. The molecule has 1 N–H and O–H groups in total. The van der Waals surface area contributed by atoms with Crippen LogP contribution in [0.15, 0.2) is 24.3 Å². The number of hydrogen-bond donors (Lipinski definition) is 1. The first-order valence-electron chi connectivity index (χ1n) is 7.19. The molecule has 0 aliphatic rings. The van der Waals surface area contributed by atoms with Crippen molar-refractivity contribution in [2.24, 2.45) is 0 Å². The van der Waals surface area contributed by atoms with Crippen LogP contribution in [0.1, 0.15) is 38.8 Å². The Balaban J connectivity index is 2.75. The third kappa shape index (κ3) is 4.84. The third-order valence-corrected chi connectivity index (χ3v) is 3.78. The Morgan fingerprint density at radius 1 is 1.21 bits per heavy atom. The number of rotatable bonds is 8. The predicted molar refractivity (Wildman–Crippen MR) is 81.8 cm³/mol. The summed E-state index contributed by atoms with van der Waals surface area (Å²) in [5.74, 6) is 0.911. The first-order valence-corrected chi connectivity index (χ1v) is 7.19. The lowest BCUT2D eigenvalue weighted by molar-refractivity contribution is 0.225. The summed E-state index contributed by atoms with van der Waals surface area (Å²) in [6.45, 7) is 8.66. The summed E-state index contributed by atoms with van der Waals surface area (Å²) < 4.78 is 5.21. The molecule has 0 saturated carbocycles. The molecule has 0 bridgehead atoms. The molecule has 0 aliphatic carbocycles. The Kier molecular flexibility index (Phi) is 6.89. The molecule has 0 spiro atoms. The largest absolute Gasteiger partial charge is 0.497 e. The molecule has 0 aliphatic heterocycles. The van der Waals surface area contributed by atoms with Gasteiger partial charge >= 0.3 is 0 Å². The van der Waals surface area contributed by atoms with E-state index in [2.05, 4.69) is 50.2 Å². The fourth-order valence-corrected chi connectivity index (χ4v) is 2.15. The number of benzene rings is 1. The van der Waals surface area contributed by atoms with Gasteiger partial charge in [-0.2, -0.15) is 0 Å². The standard InChI is InChI=1S/C16H28N2O/c1-6-13(3)18(4)12-16(17-7-2)14-8-10-15(19-5)11-9-14/h8-11,13,16-17H,6-7,12H2,1-5H3. The molecule has 3 nitrogen and oxygen atoms in total. The van der Waals surface area contributed by atoms with Crippen LogP contribution in [-0.4, -0.2) is 38.2 Å². The van der Waals surface area contributed by atoms with Gasteiger partial charge in [-0.05, 0) is 44.6 Å². The normalized spacial score (nSPS) is 14.4. The lowest BCUT2D eigenvalue weighted by Gasteiger charge is -2.29. The van der Waals surface area contributed by atoms with Crippen molar-refractivity contribution in [2.45, 2.75) is 39.3 Å². The summed E-state index contributed by atoms with van der Waals surface area (Å²) in [7, 11) is 3.90. The Morgan fingerprint density at radius 3 is 2.32 bits per heavy atom. The molecule has 2 unspecified atom stereocenters. The van der Waals surface area contributed by atoms with Crippen LogP contribution >= 0.6 is 0 Å². The lowest BCUT2D eigenvalue weighted by Crippen LogP contribution is -2.37. The number of methoxy groups -OCH3 is 1. The molecule has 0 radical (unpaired) electrons. The maximum Gasteiger partial charge on any atom is 0.118 e. The van der Waals surface area contributed by atoms with E-state index in [1.165, 1.54) is 12.0 Å². The van der Waals surface area contributed by atoms with Gasteiger partial charge in [-0.3, -0.25) is 0 Å². The van der Waals surface area contributed by atoms with Crippen molar-refractivity contribution in [3.05, 3.63) is 29.8 Å². The van der Waals surface area contributed by atoms with Gasteiger partial charge in [0.05, 0.1) is 7.11 Å². The van der Waals surface area contributed by atoms with E-state index in [9.17, 15) is 0 Å². The molecule has 1 rings (SSSR count). The molecule has 0 aromatic heterocycles. The monoisotopic (exact) mass is 264 g/mol. The van der Waals surface area contributed by atoms with Crippen molar-refractivity contribution in [1.82, 2.24) is 10.2 Å². The smallest absolute Gasteiger partial charge is 0.118 e. The zero-order chi connectivity index (χ0) is 14.3. The molecule has 1 aromatic rings. The van der Waals surface area contributed by atoms with Crippen molar-refractivity contribution in [1.29, 1.82) is 0 Å². The number of ether oxygens (including phenoxy) is 1. The minimum absolute atomic E-state index is 0.370. The van der Waals surface area contributed by atoms with Crippen LogP contribution in [-0.2, 0) is 0 Å². The van der Waals surface area contributed by atoms with Gasteiger partial charge < -0.3 is 15.0 Å². The molecular weight excluding hydrogens is 236 g/mol. The first kappa shape index (κ1) is 16.0. The van der Waals surface area contributed by atoms with E-state index in [4.69, 9.17) is 4.74 Å². The highest BCUT2D eigenvalue weighted by Crippen LogP contribution is 2.19. The maximum absolute atomic E-state index is 5.21. The predicted octanol–water partition coefficient (Wildman–Crippen LogP) is 3.08. The van der Waals surface area contributed by atoms with E-state index in [1.807, 2.05) is 12.1 Å². The molecule has 1 aromatic carbocycles. The van der Waals surface area contributed by atoms with Crippen LogP contribution in [0.3, 0.4) is 0 Å². The second-order valence-corrected chi connectivity index (χ2v) is 5.08. The Morgan fingerprint density at radius 2 is 1.84 bits per heavy atom. The number of nitrogens with zero attached hydrogens (tertiary/aromatic N) is 1. The molecule has 2 atom stereocenters. The minimum atomic E-state index is 0.370. The molecule has 108 valence electrons. The molecule has 19 heavy (non-hydrogen) atoms. The number of nitrogens with one attached hydrogen (secondary N) is 1. The van der Waals surface area contributed by atoms with Crippen molar-refractivity contribution in [3.8, 4) is 5.75 Å². The topological polar surface area (TPSA) is 24.5 Å². The highest BCUT2D eigenvalue weighted by Gasteiger charge is 2.15. The number of hydrogen-bond acceptors (Lipinski definition) is 3. The SMILES string of the molecule is CCNC(CN(C)C(C)CC)c1ccc(OC)cc1. The van der Waals surface area contributed by atoms with Gasteiger partial charge in [-0.15, -0.1) is 0 Å². The van der Waals surface area contributed by atoms with Gasteiger partial charge in [0.1, 0.15) is 5.75 Å². The minimum Gasteiger partial charge on any atom is -0.497 e. The quantitative estimate of drug-likeness (QED) is 0.781. The summed E-state index contributed by atoms with van der Waals surface area (Å²) >= 11 is 0. The van der Waals surface area contributed by atoms with Crippen LogP contribution < -0.4 is 10.1 Å². The van der Waals surface area contributed by atoms with Gasteiger partial charge in [0.2, 0.25) is 0 Å². The Bertz CT molecular complexity index is 350. The zero-order valence-electron chi connectivity index (χ0n) is 12.9. The van der Waals surface area contributed by atoms with Crippen LogP contribution in [0, 0.1) is 0 Å². The van der Waals surface area contributed by atoms with E-state index in [0.29, 0.717) is 12.1 Å². The first-order chi connectivity index (χ1) is 9.12. The molecule has 3 heteroatoms. The molecule has 0 amide bonds. The van der Waals surface area contributed by atoms with E-state index < -0.39 is 0 Å². The van der Waals surface area contributed by atoms with Gasteiger partial charge in [-0.25, -0.2) is 0 Å². The van der Waals surface area contributed by atoms with Gasteiger partial charge in [0.15, 0.2) is 0 Å². The molecular formula is C16H28N2O. The maximum atomic E-state index is 5.21. The molecule has 0 fully saturated rings. The fraction of sp³-hybridized carbons (Fsp3) is 0.625. The van der Waals surface area contributed by atoms with Crippen LogP contribution in [0.5, 0.6) is 5.75 Å². The Hall–Kier alpha value is -1.06. The molecule has 0 saturated heterocycles. The van der Waals surface area contributed by atoms with Gasteiger partial charge in [0.25, 0.3) is 0 Å². The van der Waals surface area contributed by atoms with E-state index >= 15 is 0 Å².